The number of aliphatic hydroxyl groups is 1. The van der Waals surface area contributed by atoms with Crippen molar-refractivity contribution in [2.24, 2.45) is 0 Å². The normalized spacial score (nSPS) is 21.7. The number of hydrogen-bond acceptors (Lipinski definition) is 4. The van der Waals surface area contributed by atoms with E-state index in [-0.39, 0.29) is 12.0 Å². The molecule has 2 N–H and O–H groups in total. The minimum absolute atomic E-state index is 0.102. The summed E-state index contributed by atoms with van der Waals surface area (Å²) in [5, 5.41) is 12.7. The molecule has 1 saturated heterocycles. The maximum atomic E-state index is 12.3. The Morgan fingerprint density at radius 1 is 1.32 bits per heavy atom. The van der Waals surface area contributed by atoms with Gasteiger partial charge in [-0.1, -0.05) is 37.3 Å². The molecule has 0 aliphatic carbocycles. The van der Waals surface area contributed by atoms with Crippen LogP contribution < -0.4 is 5.32 Å². The molecule has 5 heteroatoms. The van der Waals surface area contributed by atoms with Gasteiger partial charge in [-0.3, -0.25) is 14.6 Å². The number of benzene rings is 1. The third-order valence-corrected chi connectivity index (χ3v) is 5.02. The van der Waals surface area contributed by atoms with E-state index >= 15 is 0 Å². The van der Waals surface area contributed by atoms with Crippen molar-refractivity contribution >= 4 is 5.91 Å². The number of aliphatic hydroxyl groups excluding tert-OH is 1. The largest absolute Gasteiger partial charge is 0.392 e. The Kier molecular flexibility index (Phi) is 7.88. The lowest BCUT2D eigenvalue weighted by Crippen LogP contribution is -2.55. The number of hydrogen-bond donors (Lipinski definition) is 2. The number of carbonyl (C=O) groups is 1. The molecule has 0 spiro atoms. The van der Waals surface area contributed by atoms with Crippen LogP contribution in [0.4, 0.5) is 0 Å². The summed E-state index contributed by atoms with van der Waals surface area (Å²) < 4.78 is 0. The number of carbonyl (C=O) groups excluding carboxylic acids is 1. The maximum Gasteiger partial charge on any atom is 0.234 e. The second kappa shape index (κ2) is 9.90. The van der Waals surface area contributed by atoms with Crippen LogP contribution in [0, 0.1) is 0 Å². The van der Waals surface area contributed by atoms with Gasteiger partial charge in [0.05, 0.1) is 12.6 Å². The molecule has 1 aromatic rings. The van der Waals surface area contributed by atoms with Crippen molar-refractivity contribution in [3.8, 4) is 0 Å². The number of nitrogens with zero attached hydrogens (tertiary/aromatic N) is 2. The summed E-state index contributed by atoms with van der Waals surface area (Å²) >= 11 is 0. The van der Waals surface area contributed by atoms with Crippen molar-refractivity contribution in [3.05, 3.63) is 35.9 Å². The van der Waals surface area contributed by atoms with Crippen LogP contribution in [0.15, 0.2) is 30.3 Å². The lowest BCUT2D eigenvalue weighted by molar-refractivity contribution is -0.123. The molecular formula is C20H33N3O2. The molecular weight excluding hydrogens is 314 g/mol. The van der Waals surface area contributed by atoms with Crippen molar-refractivity contribution in [1.82, 2.24) is 15.1 Å². The third-order valence-electron chi connectivity index (χ3n) is 5.02. The van der Waals surface area contributed by atoms with E-state index in [0.717, 1.165) is 26.1 Å². The van der Waals surface area contributed by atoms with Crippen LogP contribution in [0.3, 0.4) is 0 Å². The molecule has 5 nitrogen and oxygen atoms in total. The molecule has 1 aromatic carbocycles. The van der Waals surface area contributed by atoms with E-state index in [1.807, 2.05) is 25.1 Å². The van der Waals surface area contributed by atoms with Gasteiger partial charge in [-0.15, -0.1) is 0 Å². The molecule has 140 valence electrons. The number of β-amino-alcohol motifs (C(OH)–C–C–N with tert-alkyl or cyclic N) is 1. The second-order valence-electron chi connectivity index (χ2n) is 7.25. The fourth-order valence-corrected chi connectivity index (χ4v) is 3.54. The van der Waals surface area contributed by atoms with E-state index in [2.05, 4.69) is 41.1 Å². The predicted molar refractivity (Wildman–Crippen MR) is 102 cm³/mol. The van der Waals surface area contributed by atoms with Gasteiger partial charge in [0.1, 0.15) is 0 Å². The van der Waals surface area contributed by atoms with Crippen molar-refractivity contribution < 1.29 is 9.90 Å². The van der Waals surface area contributed by atoms with Crippen LogP contribution in [0.25, 0.3) is 0 Å². The average molecular weight is 348 g/mol. The van der Waals surface area contributed by atoms with Crippen molar-refractivity contribution in [1.29, 1.82) is 0 Å². The van der Waals surface area contributed by atoms with Crippen LogP contribution in [-0.2, 0) is 4.79 Å². The van der Waals surface area contributed by atoms with Crippen LogP contribution in [0.2, 0.25) is 0 Å². The molecule has 1 fully saturated rings. The van der Waals surface area contributed by atoms with Crippen molar-refractivity contribution in [3.63, 3.8) is 0 Å². The first-order valence-corrected chi connectivity index (χ1v) is 9.45. The lowest BCUT2D eigenvalue weighted by Gasteiger charge is -2.40. The van der Waals surface area contributed by atoms with Gasteiger partial charge in [0.25, 0.3) is 0 Å². The summed E-state index contributed by atoms with van der Waals surface area (Å²) in [5.74, 6) is 0.470. The van der Waals surface area contributed by atoms with Crippen LogP contribution in [0.1, 0.15) is 38.7 Å². The molecule has 0 bridgehead atoms. The highest BCUT2D eigenvalue weighted by atomic mass is 16.3. The molecule has 3 unspecified atom stereocenters. The average Bonchev–Trinajstić information content (AvgIpc) is 2.58. The monoisotopic (exact) mass is 347 g/mol. The van der Waals surface area contributed by atoms with Gasteiger partial charge in [-0.25, -0.2) is 0 Å². The zero-order valence-electron chi connectivity index (χ0n) is 15.8. The molecule has 2 rings (SSSR count). The van der Waals surface area contributed by atoms with Gasteiger partial charge < -0.3 is 10.4 Å². The van der Waals surface area contributed by atoms with E-state index in [9.17, 15) is 9.90 Å². The number of piperazine rings is 1. The smallest absolute Gasteiger partial charge is 0.234 e. The Bertz CT molecular complexity index is 521. The predicted octanol–water partition coefficient (Wildman–Crippen LogP) is 1.68. The zero-order chi connectivity index (χ0) is 18.2. The first-order valence-electron chi connectivity index (χ1n) is 9.45. The highest BCUT2D eigenvalue weighted by Crippen LogP contribution is 2.18. The quantitative estimate of drug-likeness (QED) is 0.751. The fourth-order valence-electron chi connectivity index (χ4n) is 3.54. The van der Waals surface area contributed by atoms with Gasteiger partial charge in [0, 0.05) is 44.7 Å². The van der Waals surface area contributed by atoms with Crippen LogP contribution >= 0.6 is 0 Å². The maximum absolute atomic E-state index is 12.3. The van der Waals surface area contributed by atoms with Gasteiger partial charge in [0.2, 0.25) is 5.91 Å². The molecule has 1 aliphatic heterocycles. The third kappa shape index (κ3) is 6.42. The summed E-state index contributed by atoms with van der Waals surface area (Å²) in [4.78, 5) is 16.8. The topological polar surface area (TPSA) is 55.8 Å². The van der Waals surface area contributed by atoms with Crippen LogP contribution in [0.5, 0.6) is 0 Å². The Labute approximate surface area is 152 Å². The highest BCUT2D eigenvalue weighted by Gasteiger charge is 2.25. The van der Waals surface area contributed by atoms with Gasteiger partial charge in [-0.05, 0) is 25.8 Å². The van der Waals surface area contributed by atoms with Gasteiger partial charge >= 0.3 is 0 Å². The summed E-state index contributed by atoms with van der Waals surface area (Å²) in [7, 11) is 0. The number of amides is 1. The molecule has 0 aromatic heterocycles. The van der Waals surface area contributed by atoms with E-state index in [4.69, 9.17) is 0 Å². The Hall–Kier alpha value is -1.43. The molecule has 0 radical (unpaired) electrons. The van der Waals surface area contributed by atoms with E-state index in [0.29, 0.717) is 31.6 Å². The summed E-state index contributed by atoms with van der Waals surface area (Å²) in [6.07, 6.45) is 0.709. The van der Waals surface area contributed by atoms with E-state index in [1.165, 1.54) is 5.56 Å². The molecule has 1 amide bonds. The first-order chi connectivity index (χ1) is 12.0. The highest BCUT2D eigenvalue weighted by molar-refractivity contribution is 5.78. The summed E-state index contributed by atoms with van der Waals surface area (Å²) in [6.45, 7) is 10.6. The fraction of sp³-hybridized carbons (Fsp3) is 0.650. The molecule has 0 saturated carbocycles. The number of nitrogens with one attached hydrogen (secondary N) is 1. The Morgan fingerprint density at radius 3 is 2.64 bits per heavy atom. The van der Waals surface area contributed by atoms with Gasteiger partial charge in [-0.2, -0.15) is 0 Å². The Balaban J connectivity index is 1.75. The molecule has 1 heterocycles. The molecule has 3 atom stereocenters. The first kappa shape index (κ1) is 19.9. The van der Waals surface area contributed by atoms with Crippen LogP contribution in [-0.4, -0.2) is 72.2 Å². The SMILES string of the molecule is CCC(CNC(=O)CN1CCN(CC(C)O)C(C)C1)c1ccccc1. The Morgan fingerprint density at radius 2 is 2.04 bits per heavy atom. The minimum Gasteiger partial charge on any atom is -0.392 e. The lowest BCUT2D eigenvalue weighted by atomic mass is 9.96. The standard InChI is InChI=1S/C20H33N3O2/c1-4-18(19-8-6-5-7-9-19)12-21-20(25)15-22-10-11-23(14-17(3)24)16(2)13-22/h5-9,16-18,24H,4,10-15H2,1-3H3,(H,21,25). The van der Waals surface area contributed by atoms with E-state index < -0.39 is 0 Å². The second-order valence-corrected chi connectivity index (χ2v) is 7.25. The summed E-state index contributed by atoms with van der Waals surface area (Å²) in [5.41, 5.74) is 1.28. The van der Waals surface area contributed by atoms with Crippen molar-refractivity contribution in [2.75, 3.05) is 39.3 Å². The molecule has 1 aliphatic rings. The zero-order valence-corrected chi connectivity index (χ0v) is 15.8. The van der Waals surface area contributed by atoms with Gasteiger partial charge in [0.15, 0.2) is 0 Å². The van der Waals surface area contributed by atoms with E-state index in [1.54, 1.807) is 0 Å². The summed E-state index contributed by atoms with van der Waals surface area (Å²) in [6, 6.07) is 10.7. The van der Waals surface area contributed by atoms with Crippen molar-refractivity contribution in [2.45, 2.75) is 45.3 Å². The number of rotatable bonds is 8. The minimum atomic E-state index is -0.304. The molecule has 25 heavy (non-hydrogen) atoms.